The van der Waals surface area contributed by atoms with Crippen LogP contribution >= 0.6 is 11.8 Å². The van der Waals surface area contributed by atoms with Gasteiger partial charge in [0.15, 0.2) is 5.60 Å². The number of carboxylic acids is 1. The maximum Gasteiger partial charge on any atom is 0.337 e. The molecule has 0 radical (unpaired) electrons. The number of carbonyl (C=O) groups is 1. The van der Waals surface area contributed by atoms with E-state index in [-0.39, 0.29) is 12.5 Å². The molecule has 3 atom stereocenters. The van der Waals surface area contributed by atoms with Crippen LogP contribution in [0.25, 0.3) is 11.0 Å². The summed E-state index contributed by atoms with van der Waals surface area (Å²) in [4.78, 5) is 16.0. The maximum atomic E-state index is 11.8. The maximum absolute atomic E-state index is 11.8. The number of aliphatic carboxylic acids is 1. The number of nitrogens with two attached hydrogens (primary N) is 1. The minimum Gasteiger partial charge on any atom is -0.479 e. The van der Waals surface area contributed by atoms with Gasteiger partial charge >= 0.3 is 5.97 Å². The van der Waals surface area contributed by atoms with E-state index in [1.807, 2.05) is 13.8 Å². The molecule has 0 aliphatic rings. The molecule has 5 N–H and O–H groups in total. The lowest BCUT2D eigenvalue weighted by atomic mass is 9.89. The molecule has 2 aromatic heterocycles. The molecule has 0 saturated carbocycles. The van der Waals surface area contributed by atoms with Crippen molar-refractivity contribution in [2.24, 2.45) is 5.73 Å². The topological polar surface area (TPSA) is 130 Å². The molecule has 150 valence electrons. The number of hydrogen-bond acceptors (Lipinski definition) is 7. The van der Waals surface area contributed by atoms with Gasteiger partial charge in [0.25, 0.3) is 0 Å². The summed E-state index contributed by atoms with van der Waals surface area (Å²) >= 11 is 1.48. The van der Waals surface area contributed by atoms with Gasteiger partial charge in [-0.2, -0.15) is 11.8 Å². The number of thioether (sulfide) groups is 1. The van der Waals surface area contributed by atoms with Crippen LogP contribution in [-0.4, -0.2) is 55.5 Å². The molecule has 0 aliphatic carbocycles. The first kappa shape index (κ1) is 21.7. The zero-order valence-electron chi connectivity index (χ0n) is 15.7. The van der Waals surface area contributed by atoms with E-state index in [1.54, 1.807) is 12.1 Å². The standard InChI is InChI=1S/C19H28N2O5S/c1-3-12(22)5-6-13-9-14-15(21-8-7-16(14)26-13)10-19(25,18(23)24)17(20)11-27-4-2/h7-9,12,17,22,25H,3-6,10-11,20H2,1-2H3,(H,23,24)/t12?,17-,19+/m0/s1. The smallest absolute Gasteiger partial charge is 0.337 e. The number of hydrogen-bond donors (Lipinski definition) is 4. The van der Waals surface area contributed by atoms with Crippen molar-refractivity contribution in [3.63, 3.8) is 0 Å². The zero-order valence-corrected chi connectivity index (χ0v) is 16.5. The Balaban J connectivity index is 2.28. The highest BCUT2D eigenvalue weighted by molar-refractivity contribution is 7.99. The van der Waals surface area contributed by atoms with E-state index in [2.05, 4.69) is 4.98 Å². The Hall–Kier alpha value is -1.61. The van der Waals surface area contributed by atoms with Crippen LogP contribution in [0, 0.1) is 0 Å². The first-order chi connectivity index (χ1) is 12.8. The van der Waals surface area contributed by atoms with Crippen LogP contribution < -0.4 is 5.73 Å². The van der Waals surface area contributed by atoms with E-state index in [9.17, 15) is 20.1 Å². The fourth-order valence-corrected chi connectivity index (χ4v) is 3.62. The van der Waals surface area contributed by atoms with Crippen LogP contribution in [0.1, 0.15) is 38.1 Å². The number of aryl methyl sites for hydroxylation is 1. The SMILES string of the molecule is CCSC[C@H](N)[C@](O)(Cc1nccc2oc(CCC(O)CC)cc12)C(=O)O. The van der Waals surface area contributed by atoms with Gasteiger partial charge in [0.1, 0.15) is 11.3 Å². The summed E-state index contributed by atoms with van der Waals surface area (Å²) in [7, 11) is 0. The molecule has 1 unspecified atom stereocenters. The van der Waals surface area contributed by atoms with E-state index in [0.29, 0.717) is 47.4 Å². The van der Waals surface area contributed by atoms with Gasteiger partial charge in [0.2, 0.25) is 0 Å². The molecule has 0 saturated heterocycles. The number of aromatic nitrogens is 1. The third-order valence-electron chi connectivity index (χ3n) is 4.70. The monoisotopic (exact) mass is 396 g/mol. The number of aliphatic hydroxyl groups is 2. The molecular formula is C19H28N2O5S. The highest BCUT2D eigenvalue weighted by Gasteiger charge is 2.43. The summed E-state index contributed by atoms with van der Waals surface area (Å²) < 4.78 is 5.79. The summed E-state index contributed by atoms with van der Waals surface area (Å²) in [5.74, 6) is 0.448. The summed E-state index contributed by atoms with van der Waals surface area (Å²) in [5, 5.41) is 30.8. The molecule has 0 spiro atoms. The lowest BCUT2D eigenvalue weighted by molar-refractivity contribution is -0.160. The number of furan rings is 1. The zero-order chi connectivity index (χ0) is 20.0. The van der Waals surface area contributed by atoms with E-state index >= 15 is 0 Å². The van der Waals surface area contributed by atoms with E-state index < -0.39 is 17.6 Å². The second-order valence-corrected chi connectivity index (χ2v) is 7.97. The predicted octanol–water partition coefficient (Wildman–Crippen LogP) is 1.97. The Morgan fingerprint density at radius 3 is 2.81 bits per heavy atom. The summed E-state index contributed by atoms with van der Waals surface area (Å²) in [6, 6.07) is 2.57. The Bertz CT molecular complexity index is 766. The molecule has 27 heavy (non-hydrogen) atoms. The van der Waals surface area contributed by atoms with Gasteiger partial charge in [-0.15, -0.1) is 0 Å². The minimum absolute atomic E-state index is 0.207. The van der Waals surface area contributed by atoms with Crippen molar-refractivity contribution in [2.75, 3.05) is 11.5 Å². The molecule has 0 fully saturated rings. The second-order valence-electron chi connectivity index (χ2n) is 6.66. The van der Waals surface area contributed by atoms with Crippen molar-refractivity contribution < 1.29 is 24.5 Å². The van der Waals surface area contributed by atoms with Crippen molar-refractivity contribution >= 4 is 28.7 Å². The van der Waals surface area contributed by atoms with Gasteiger partial charge in [0, 0.05) is 30.2 Å². The van der Waals surface area contributed by atoms with Gasteiger partial charge in [-0.1, -0.05) is 13.8 Å². The first-order valence-electron chi connectivity index (χ1n) is 9.15. The molecule has 0 amide bonds. The lowest BCUT2D eigenvalue weighted by Gasteiger charge is -2.29. The van der Waals surface area contributed by atoms with Gasteiger partial charge in [-0.3, -0.25) is 4.98 Å². The largest absolute Gasteiger partial charge is 0.479 e. The van der Waals surface area contributed by atoms with Crippen LogP contribution in [-0.2, 0) is 17.6 Å². The van der Waals surface area contributed by atoms with Crippen molar-refractivity contribution in [3.8, 4) is 0 Å². The van der Waals surface area contributed by atoms with E-state index in [0.717, 1.165) is 5.75 Å². The second kappa shape index (κ2) is 9.54. The van der Waals surface area contributed by atoms with Crippen molar-refractivity contribution in [3.05, 3.63) is 29.8 Å². The van der Waals surface area contributed by atoms with Crippen LogP contribution in [0.15, 0.2) is 22.7 Å². The van der Waals surface area contributed by atoms with Crippen LogP contribution in [0.2, 0.25) is 0 Å². The number of pyridine rings is 1. The molecule has 0 bridgehead atoms. The molecule has 2 heterocycles. The predicted molar refractivity (Wildman–Crippen MR) is 106 cm³/mol. The van der Waals surface area contributed by atoms with Crippen molar-refractivity contribution in [2.45, 2.75) is 57.3 Å². The molecular weight excluding hydrogens is 368 g/mol. The normalized spacial score (nSPS) is 16.2. The van der Waals surface area contributed by atoms with E-state index in [1.165, 1.54) is 18.0 Å². The molecule has 0 aliphatic heterocycles. The molecule has 7 nitrogen and oxygen atoms in total. The van der Waals surface area contributed by atoms with Crippen LogP contribution in [0.5, 0.6) is 0 Å². The summed E-state index contributed by atoms with van der Waals surface area (Å²) in [6.07, 6.45) is 2.76. The van der Waals surface area contributed by atoms with Gasteiger partial charge in [0.05, 0.1) is 17.8 Å². The quantitative estimate of drug-likeness (QED) is 0.454. The summed E-state index contributed by atoms with van der Waals surface area (Å²) in [5.41, 5.74) is 4.90. The highest BCUT2D eigenvalue weighted by atomic mass is 32.2. The Morgan fingerprint density at radius 1 is 1.44 bits per heavy atom. The average Bonchev–Trinajstić information content (AvgIpc) is 3.07. The average molecular weight is 397 g/mol. The van der Waals surface area contributed by atoms with Gasteiger partial charge in [-0.25, -0.2) is 4.79 Å². The Kier molecular flexibility index (Phi) is 7.67. The third kappa shape index (κ3) is 5.22. The lowest BCUT2D eigenvalue weighted by Crippen LogP contribution is -2.57. The Labute approximate surface area is 163 Å². The number of aliphatic hydroxyl groups excluding tert-OH is 1. The highest BCUT2D eigenvalue weighted by Crippen LogP contribution is 2.27. The third-order valence-corrected chi connectivity index (χ3v) is 5.70. The molecule has 2 aromatic rings. The Morgan fingerprint density at radius 2 is 2.19 bits per heavy atom. The van der Waals surface area contributed by atoms with Crippen molar-refractivity contribution in [1.29, 1.82) is 0 Å². The van der Waals surface area contributed by atoms with Crippen LogP contribution in [0.4, 0.5) is 0 Å². The molecule has 2 rings (SSSR count). The van der Waals surface area contributed by atoms with Gasteiger partial charge < -0.3 is 25.5 Å². The number of rotatable bonds is 11. The number of nitrogens with zero attached hydrogens (tertiary/aromatic N) is 1. The molecule has 0 aromatic carbocycles. The summed E-state index contributed by atoms with van der Waals surface area (Å²) in [6.45, 7) is 3.86. The first-order valence-corrected chi connectivity index (χ1v) is 10.3. The number of carboxylic acid groups (broad SMARTS) is 1. The van der Waals surface area contributed by atoms with E-state index in [4.69, 9.17) is 10.2 Å². The molecule has 8 heteroatoms. The fourth-order valence-electron chi connectivity index (χ4n) is 2.85. The van der Waals surface area contributed by atoms with Gasteiger partial charge in [-0.05, 0) is 30.7 Å². The van der Waals surface area contributed by atoms with Crippen molar-refractivity contribution in [1.82, 2.24) is 4.98 Å². The number of fused-ring (bicyclic) bond motifs is 1. The fraction of sp³-hybridized carbons (Fsp3) is 0.579. The minimum atomic E-state index is -2.11. The van der Waals surface area contributed by atoms with Crippen LogP contribution in [0.3, 0.4) is 0 Å².